The Morgan fingerprint density at radius 1 is 1.41 bits per heavy atom. The van der Waals surface area contributed by atoms with Crippen LogP contribution in [0.4, 0.5) is 10.1 Å². The quantitative estimate of drug-likeness (QED) is 0.727. The number of aromatic nitrogens is 1. The Bertz CT molecular complexity index is 744. The van der Waals surface area contributed by atoms with Crippen LogP contribution in [0, 0.1) is 5.82 Å². The van der Waals surface area contributed by atoms with E-state index in [9.17, 15) is 14.3 Å². The van der Waals surface area contributed by atoms with Gasteiger partial charge >= 0.3 is 29.6 Å². The second-order valence-electron chi connectivity index (χ2n) is 3.99. The molecular formula is C13H8Cl2FN2NaO3. The van der Waals surface area contributed by atoms with Gasteiger partial charge in [-0.15, -0.1) is 0 Å². The maximum absolute atomic E-state index is 14.3. The molecule has 2 N–H and O–H groups in total. The van der Waals surface area contributed by atoms with Crippen molar-refractivity contribution < 1.29 is 48.6 Å². The van der Waals surface area contributed by atoms with Gasteiger partial charge in [0.2, 0.25) is 0 Å². The molecule has 0 bridgehead atoms. The minimum absolute atomic E-state index is 0. The molecule has 5 nitrogen and oxygen atoms in total. The molecule has 0 saturated heterocycles. The number of ether oxygens (including phenoxy) is 1. The monoisotopic (exact) mass is 352 g/mol. The van der Waals surface area contributed by atoms with Crippen LogP contribution in [-0.2, 0) is 0 Å². The van der Waals surface area contributed by atoms with Gasteiger partial charge in [0.25, 0.3) is 0 Å². The van der Waals surface area contributed by atoms with Crippen molar-refractivity contribution in [3.63, 3.8) is 0 Å². The van der Waals surface area contributed by atoms with Gasteiger partial charge in [0.15, 0.2) is 11.6 Å². The summed E-state index contributed by atoms with van der Waals surface area (Å²) in [6.07, 6.45) is 0. The van der Waals surface area contributed by atoms with Crippen molar-refractivity contribution in [1.82, 2.24) is 4.98 Å². The fraction of sp³-hybridized carbons (Fsp3) is 0.0769. The number of carbonyl (C=O) groups excluding carboxylic acids is 1. The van der Waals surface area contributed by atoms with E-state index >= 15 is 0 Å². The van der Waals surface area contributed by atoms with Crippen LogP contribution in [0.25, 0.3) is 11.3 Å². The molecule has 0 radical (unpaired) electrons. The summed E-state index contributed by atoms with van der Waals surface area (Å²) >= 11 is 11.5. The van der Waals surface area contributed by atoms with E-state index in [1.54, 1.807) is 0 Å². The van der Waals surface area contributed by atoms with Crippen LogP contribution in [0.3, 0.4) is 0 Å². The molecule has 0 unspecified atom stereocenters. The van der Waals surface area contributed by atoms with Crippen molar-refractivity contribution in [3.05, 3.63) is 39.8 Å². The zero-order valence-corrected chi connectivity index (χ0v) is 15.1. The SMILES string of the molecule is COc1c(Cl)ccc(-c2cc(N)c(Cl)c(C(=O)[O-])n2)c1F.[Na+]. The van der Waals surface area contributed by atoms with Gasteiger partial charge in [-0.25, -0.2) is 9.37 Å². The van der Waals surface area contributed by atoms with Crippen molar-refractivity contribution in [2.75, 3.05) is 12.8 Å². The summed E-state index contributed by atoms with van der Waals surface area (Å²) in [5.41, 5.74) is 4.92. The molecule has 2 aromatic rings. The third kappa shape index (κ3) is 3.47. The third-order valence-corrected chi connectivity index (χ3v) is 3.40. The van der Waals surface area contributed by atoms with Crippen molar-refractivity contribution in [2.45, 2.75) is 0 Å². The van der Waals surface area contributed by atoms with Gasteiger partial charge in [-0.2, -0.15) is 0 Å². The molecule has 22 heavy (non-hydrogen) atoms. The minimum atomic E-state index is -1.62. The van der Waals surface area contributed by atoms with E-state index in [1.165, 1.54) is 25.3 Å². The number of nitrogens with two attached hydrogens (primary N) is 1. The predicted molar refractivity (Wildman–Crippen MR) is 74.9 cm³/mol. The Morgan fingerprint density at radius 2 is 2.05 bits per heavy atom. The van der Waals surface area contributed by atoms with Crippen LogP contribution in [-0.4, -0.2) is 18.1 Å². The first kappa shape index (κ1) is 19.0. The topological polar surface area (TPSA) is 88.3 Å². The smallest absolute Gasteiger partial charge is 0.543 e. The molecule has 1 aromatic carbocycles. The first-order chi connectivity index (χ1) is 9.86. The summed E-state index contributed by atoms with van der Waals surface area (Å²) in [5, 5.41) is 10.8. The van der Waals surface area contributed by atoms with E-state index in [1.807, 2.05) is 0 Å². The fourth-order valence-electron chi connectivity index (χ4n) is 1.74. The summed E-state index contributed by atoms with van der Waals surface area (Å²) in [4.78, 5) is 14.7. The van der Waals surface area contributed by atoms with Gasteiger partial charge in [-0.05, 0) is 18.2 Å². The normalized spacial score (nSPS) is 10.0. The molecule has 0 fully saturated rings. The number of pyridine rings is 1. The molecule has 0 spiro atoms. The van der Waals surface area contributed by atoms with Crippen LogP contribution in [0.2, 0.25) is 10.0 Å². The zero-order chi connectivity index (χ0) is 15.7. The third-order valence-electron chi connectivity index (χ3n) is 2.71. The fourth-order valence-corrected chi connectivity index (χ4v) is 2.14. The number of methoxy groups -OCH3 is 1. The largest absolute Gasteiger partial charge is 1.00 e. The first-order valence-corrected chi connectivity index (χ1v) is 6.32. The molecule has 0 saturated carbocycles. The zero-order valence-electron chi connectivity index (χ0n) is 11.6. The molecule has 1 heterocycles. The van der Waals surface area contributed by atoms with E-state index in [-0.39, 0.29) is 62.3 Å². The summed E-state index contributed by atoms with van der Waals surface area (Å²) in [7, 11) is 1.25. The molecule has 2 rings (SSSR count). The van der Waals surface area contributed by atoms with Crippen molar-refractivity contribution >= 4 is 34.9 Å². The Morgan fingerprint density at radius 3 is 2.59 bits per heavy atom. The van der Waals surface area contributed by atoms with Crippen LogP contribution in [0.5, 0.6) is 5.75 Å². The summed E-state index contributed by atoms with van der Waals surface area (Å²) in [6.45, 7) is 0. The molecular weight excluding hydrogens is 345 g/mol. The van der Waals surface area contributed by atoms with Crippen molar-refractivity contribution in [3.8, 4) is 17.0 Å². The van der Waals surface area contributed by atoms with Gasteiger partial charge in [-0.3, -0.25) is 0 Å². The van der Waals surface area contributed by atoms with E-state index < -0.39 is 17.5 Å². The van der Waals surface area contributed by atoms with Gasteiger partial charge < -0.3 is 20.4 Å². The number of carboxylic acids is 1. The molecule has 1 aromatic heterocycles. The standard InChI is InChI=1S/C13H9Cl2FN2O3.Na/c1-21-12-6(14)3-2-5(10(12)16)8-4-7(17)9(15)11(18-8)13(19)20;/h2-4H,1H3,(H2,17,18)(H,19,20);/q;+1/p-1. The Balaban J connectivity index is 0.00000242. The second-order valence-corrected chi connectivity index (χ2v) is 4.77. The Kier molecular flexibility index (Phi) is 6.46. The van der Waals surface area contributed by atoms with E-state index in [4.69, 9.17) is 33.7 Å². The van der Waals surface area contributed by atoms with Crippen LogP contribution >= 0.6 is 23.2 Å². The number of rotatable bonds is 3. The molecule has 0 aliphatic rings. The molecule has 0 aliphatic heterocycles. The number of benzene rings is 1. The van der Waals surface area contributed by atoms with Crippen LogP contribution < -0.4 is 45.1 Å². The molecule has 110 valence electrons. The minimum Gasteiger partial charge on any atom is -0.543 e. The average Bonchev–Trinajstić information content (AvgIpc) is 2.42. The number of nitrogens with zero attached hydrogens (tertiary/aromatic N) is 1. The first-order valence-electron chi connectivity index (χ1n) is 5.56. The number of aromatic carboxylic acids is 1. The summed E-state index contributed by atoms with van der Waals surface area (Å²) in [6, 6.07) is 3.97. The second kappa shape index (κ2) is 7.48. The van der Waals surface area contributed by atoms with E-state index in [0.717, 1.165) is 0 Å². The number of hydrogen-bond donors (Lipinski definition) is 1. The van der Waals surface area contributed by atoms with Crippen LogP contribution in [0.15, 0.2) is 18.2 Å². The molecule has 9 heteroatoms. The molecule has 0 atom stereocenters. The van der Waals surface area contributed by atoms with Gasteiger partial charge in [-0.1, -0.05) is 23.2 Å². The number of nitrogen functional groups attached to an aromatic ring is 1. The number of halogens is 3. The van der Waals surface area contributed by atoms with Crippen molar-refractivity contribution in [2.24, 2.45) is 0 Å². The van der Waals surface area contributed by atoms with E-state index in [2.05, 4.69) is 4.98 Å². The average molecular weight is 353 g/mol. The Hall–Kier alpha value is -1.05. The van der Waals surface area contributed by atoms with Gasteiger partial charge in [0, 0.05) is 5.56 Å². The maximum atomic E-state index is 14.3. The van der Waals surface area contributed by atoms with Crippen molar-refractivity contribution in [1.29, 1.82) is 0 Å². The maximum Gasteiger partial charge on any atom is 1.00 e. The van der Waals surface area contributed by atoms with Gasteiger partial charge in [0.05, 0.1) is 34.5 Å². The van der Waals surface area contributed by atoms with E-state index in [0.29, 0.717) is 0 Å². The molecule has 0 amide bonds. The van der Waals surface area contributed by atoms with Crippen LogP contribution in [0.1, 0.15) is 10.5 Å². The summed E-state index contributed by atoms with van der Waals surface area (Å²) < 4.78 is 19.1. The number of anilines is 1. The Labute approximate surface area is 157 Å². The number of carboxylic acid groups (broad SMARTS) is 1. The van der Waals surface area contributed by atoms with Gasteiger partial charge in [0.1, 0.15) is 5.69 Å². The number of hydrogen-bond acceptors (Lipinski definition) is 5. The number of carbonyl (C=O) groups is 1. The molecule has 0 aliphatic carbocycles. The summed E-state index contributed by atoms with van der Waals surface area (Å²) in [5.74, 6) is -2.59. The predicted octanol–water partition coefficient (Wildman–Crippen LogP) is -0.847.